The first kappa shape index (κ1) is 13.9. The summed E-state index contributed by atoms with van der Waals surface area (Å²) < 4.78 is 4.16. The summed E-state index contributed by atoms with van der Waals surface area (Å²) in [6.45, 7) is 7.77. The summed E-state index contributed by atoms with van der Waals surface area (Å²) in [5.74, 6) is 1.96. The molecule has 7 heteroatoms. The SMILES string of the molecule is Cn1cnc(-c2nnc3n2CCN(CCN2CCCC2)C3)c1. The largest absolute Gasteiger partial charge is 0.340 e. The van der Waals surface area contributed by atoms with Crippen LogP contribution < -0.4 is 0 Å². The summed E-state index contributed by atoms with van der Waals surface area (Å²) in [5, 5.41) is 8.73. The van der Waals surface area contributed by atoms with Gasteiger partial charge in [-0.1, -0.05) is 0 Å². The molecule has 0 radical (unpaired) electrons. The van der Waals surface area contributed by atoms with E-state index in [9.17, 15) is 0 Å². The van der Waals surface area contributed by atoms with Crippen molar-refractivity contribution in [2.75, 3.05) is 32.7 Å². The fourth-order valence-corrected chi connectivity index (χ4v) is 3.41. The highest BCUT2D eigenvalue weighted by atomic mass is 15.3. The van der Waals surface area contributed by atoms with Crippen molar-refractivity contribution in [3.05, 3.63) is 18.3 Å². The molecule has 0 unspecified atom stereocenters. The highest BCUT2D eigenvalue weighted by Gasteiger charge is 2.23. The van der Waals surface area contributed by atoms with Gasteiger partial charge in [-0.2, -0.15) is 0 Å². The van der Waals surface area contributed by atoms with E-state index < -0.39 is 0 Å². The lowest BCUT2D eigenvalue weighted by Crippen LogP contribution is -2.39. The average molecular weight is 301 g/mol. The van der Waals surface area contributed by atoms with Crippen molar-refractivity contribution in [2.45, 2.75) is 25.9 Å². The Balaban J connectivity index is 1.42. The Morgan fingerprint density at radius 2 is 1.82 bits per heavy atom. The van der Waals surface area contributed by atoms with Gasteiger partial charge in [0.2, 0.25) is 0 Å². The Morgan fingerprint density at radius 3 is 2.59 bits per heavy atom. The Hall–Kier alpha value is -1.73. The second-order valence-electron chi connectivity index (χ2n) is 6.34. The van der Waals surface area contributed by atoms with Crippen LogP contribution in [0.4, 0.5) is 0 Å². The first-order valence-corrected chi connectivity index (χ1v) is 8.15. The number of rotatable bonds is 4. The Labute approximate surface area is 130 Å². The molecular formula is C15H23N7. The molecule has 0 aliphatic carbocycles. The molecule has 0 atom stereocenters. The number of aromatic nitrogens is 5. The van der Waals surface area contributed by atoms with E-state index in [1.807, 2.05) is 24.1 Å². The van der Waals surface area contributed by atoms with Gasteiger partial charge >= 0.3 is 0 Å². The predicted octanol–water partition coefficient (Wildman–Crippen LogP) is 0.590. The molecule has 1 saturated heterocycles. The molecule has 0 saturated carbocycles. The van der Waals surface area contributed by atoms with Gasteiger partial charge in [-0.3, -0.25) is 4.90 Å². The van der Waals surface area contributed by atoms with Crippen molar-refractivity contribution >= 4 is 0 Å². The van der Waals surface area contributed by atoms with Crippen LogP contribution in [-0.2, 0) is 20.1 Å². The lowest BCUT2D eigenvalue weighted by molar-refractivity contribution is 0.187. The van der Waals surface area contributed by atoms with Crippen LogP contribution >= 0.6 is 0 Å². The van der Waals surface area contributed by atoms with Gasteiger partial charge < -0.3 is 14.0 Å². The smallest absolute Gasteiger partial charge is 0.184 e. The molecule has 2 aliphatic rings. The second kappa shape index (κ2) is 5.81. The summed E-state index contributed by atoms with van der Waals surface area (Å²) in [7, 11) is 1.98. The van der Waals surface area contributed by atoms with E-state index in [2.05, 4.69) is 29.5 Å². The van der Waals surface area contributed by atoms with Crippen LogP contribution in [0.5, 0.6) is 0 Å². The van der Waals surface area contributed by atoms with Crippen LogP contribution in [0.3, 0.4) is 0 Å². The first-order valence-electron chi connectivity index (χ1n) is 8.15. The summed E-state index contributed by atoms with van der Waals surface area (Å²) in [4.78, 5) is 9.45. The normalized spacial score (nSPS) is 19.7. The monoisotopic (exact) mass is 301 g/mol. The van der Waals surface area contributed by atoms with E-state index in [-0.39, 0.29) is 0 Å². The molecular weight excluding hydrogens is 278 g/mol. The van der Waals surface area contributed by atoms with Crippen molar-refractivity contribution < 1.29 is 0 Å². The topological polar surface area (TPSA) is 55.0 Å². The first-order chi connectivity index (χ1) is 10.8. The molecule has 2 aliphatic heterocycles. The standard InChI is InChI=1S/C15H23N7/c1-19-10-13(16-12-19)15-18-17-14-11-21(8-9-22(14)15)7-6-20-4-2-3-5-20/h10,12H,2-9,11H2,1H3. The van der Waals surface area contributed by atoms with Crippen LogP contribution in [0, 0.1) is 0 Å². The molecule has 0 bridgehead atoms. The molecule has 0 amide bonds. The third-order valence-electron chi connectivity index (χ3n) is 4.70. The molecule has 22 heavy (non-hydrogen) atoms. The fraction of sp³-hybridized carbons (Fsp3) is 0.667. The zero-order chi connectivity index (χ0) is 14.9. The third-order valence-corrected chi connectivity index (χ3v) is 4.70. The van der Waals surface area contributed by atoms with Gasteiger partial charge in [0.1, 0.15) is 11.5 Å². The minimum Gasteiger partial charge on any atom is -0.340 e. The van der Waals surface area contributed by atoms with E-state index in [1.165, 1.54) is 32.5 Å². The Morgan fingerprint density at radius 1 is 1.00 bits per heavy atom. The number of hydrogen-bond donors (Lipinski definition) is 0. The average Bonchev–Trinajstić information content (AvgIpc) is 3.24. The molecule has 0 spiro atoms. The van der Waals surface area contributed by atoms with Gasteiger partial charge in [0.05, 0.1) is 12.9 Å². The quantitative estimate of drug-likeness (QED) is 0.827. The number of likely N-dealkylation sites (tertiary alicyclic amines) is 1. The lowest BCUT2D eigenvalue weighted by atomic mass is 10.3. The molecule has 7 nitrogen and oxygen atoms in total. The molecule has 2 aromatic heterocycles. The molecule has 1 fully saturated rings. The summed E-state index contributed by atoms with van der Waals surface area (Å²) in [6.07, 6.45) is 6.53. The van der Waals surface area contributed by atoms with Crippen LogP contribution in [0.15, 0.2) is 12.5 Å². The summed E-state index contributed by atoms with van der Waals surface area (Å²) in [5.41, 5.74) is 0.909. The molecule has 0 aromatic carbocycles. The van der Waals surface area contributed by atoms with Crippen molar-refractivity contribution in [3.63, 3.8) is 0 Å². The van der Waals surface area contributed by atoms with Crippen molar-refractivity contribution in [2.24, 2.45) is 7.05 Å². The fourth-order valence-electron chi connectivity index (χ4n) is 3.41. The number of aryl methyl sites for hydroxylation is 1. The molecule has 4 rings (SSSR count). The lowest BCUT2D eigenvalue weighted by Gasteiger charge is -2.29. The predicted molar refractivity (Wildman–Crippen MR) is 83.2 cm³/mol. The van der Waals surface area contributed by atoms with Crippen LogP contribution in [0.1, 0.15) is 18.7 Å². The van der Waals surface area contributed by atoms with E-state index in [0.717, 1.165) is 43.5 Å². The van der Waals surface area contributed by atoms with Gasteiger partial charge in [-0.25, -0.2) is 4.98 Å². The molecule has 4 heterocycles. The maximum absolute atomic E-state index is 4.39. The van der Waals surface area contributed by atoms with Crippen LogP contribution in [0.25, 0.3) is 11.5 Å². The van der Waals surface area contributed by atoms with E-state index >= 15 is 0 Å². The Kier molecular flexibility index (Phi) is 3.67. The number of nitrogens with zero attached hydrogens (tertiary/aromatic N) is 7. The van der Waals surface area contributed by atoms with Crippen LogP contribution in [0.2, 0.25) is 0 Å². The third kappa shape index (κ3) is 2.66. The van der Waals surface area contributed by atoms with Crippen molar-refractivity contribution in [1.29, 1.82) is 0 Å². The number of imidazole rings is 1. The van der Waals surface area contributed by atoms with Gasteiger partial charge in [-0.15, -0.1) is 10.2 Å². The van der Waals surface area contributed by atoms with Crippen molar-refractivity contribution in [3.8, 4) is 11.5 Å². The molecule has 118 valence electrons. The van der Waals surface area contributed by atoms with Gasteiger partial charge in [0.15, 0.2) is 5.82 Å². The highest BCUT2D eigenvalue weighted by molar-refractivity contribution is 5.48. The van der Waals surface area contributed by atoms with Crippen LogP contribution in [-0.4, -0.2) is 66.8 Å². The van der Waals surface area contributed by atoms with E-state index in [1.54, 1.807) is 0 Å². The minimum absolute atomic E-state index is 0.897. The highest BCUT2D eigenvalue weighted by Crippen LogP contribution is 2.20. The maximum atomic E-state index is 4.39. The van der Waals surface area contributed by atoms with Gasteiger partial charge in [0, 0.05) is 39.4 Å². The zero-order valence-corrected chi connectivity index (χ0v) is 13.1. The second-order valence-corrected chi connectivity index (χ2v) is 6.34. The Bertz CT molecular complexity index is 638. The van der Waals surface area contributed by atoms with Gasteiger partial charge in [0.25, 0.3) is 0 Å². The summed E-state index contributed by atoms with van der Waals surface area (Å²) in [6, 6.07) is 0. The molecule has 2 aromatic rings. The molecule has 0 N–H and O–H groups in total. The van der Waals surface area contributed by atoms with Gasteiger partial charge in [-0.05, 0) is 25.9 Å². The van der Waals surface area contributed by atoms with E-state index in [4.69, 9.17) is 0 Å². The minimum atomic E-state index is 0.897. The zero-order valence-electron chi connectivity index (χ0n) is 13.1. The number of fused-ring (bicyclic) bond motifs is 1. The summed E-state index contributed by atoms with van der Waals surface area (Å²) >= 11 is 0. The van der Waals surface area contributed by atoms with E-state index in [0.29, 0.717) is 0 Å². The van der Waals surface area contributed by atoms with Crippen molar-refractivity contribution in [1.82, 2.24) is 34.1 Å². The number of hydrogen-bond acceptors (Lipinski definition) is 5. The maximum Gasteiger partial charge on any atom is 0.184 e.